The quantitative estimate of drug-likeness (QED) is 0.455. The number of sulfonamides is 1. The molecule has 0 bridgehead atoms. The molecule has 0 aromatic heterocycles. The Hall–Kier alpha value is -3.85. The number of benzene rings is 3. The lowest BCUT2D eigenvalue weighted by molar-refractivity contribution is -0.116. The van der Waals surface area contributed by atoms with E-state index >= 15 is 0 Å². The Morgan fingerprint density at radius 3 is 2.11 bits per heavy atom. The van der Waals surface area contributed by atoms with Crippen molar-refractivity contribution in [2.45, 2.75) is 32.2 Å². The summed E-state index contributed by atoms with van der Waals surface area (Å²) in [5.74, 6) is 0.498. The van der Waals surface area contributed by atoms with Gasteiger partial charge in [-0.1, -0.05) is 30.3 Å². The Labute approximate surface area is 217 Å². The first kappa shape index (κ1) is 26.2. The Balaban J connectivity index is 1.53. The molecule has 3 aromatic carbocycles. The van der Waals surface area contributed by atoms with Gasteiger partial charge in [-0.2, -0.15) is 0 Å². The van der Waals surface area contributed by atoms with E-state index in [0.717, 1.165) is 29.8 Å². The van der Waals surface area contributed by atoms with E-state index < -0.39 is 22.0 Å². The van der Waals surface area contributed by atoms with Gasteiger partial charge in [0.1, 0.15) is 17.5 Å². The molecule has 4 rings (SSSR count). The molecule has 0 saturated carbocycles. The van der Waals surface area contributed by atoms with Crippen molar-refractivity contribution in [2.75, 3.05) is 29.0 Å². The average Bonchev–Trinajstić information content (AvgIpc) is 2.90. The molecular formula is C28H31N3O5S. The van der Waals surface area contributed by atoms with Crippen LogP contribution < -0.4 is 14.4 Å². The highest BCUT2D eigenvalue weighted by molar-refractivity contribution is 7.92. The lowest BCUT2D eigenvalue weighted by Gasteiger charge is -2.29. The average molecular weight is 522 g/mol. The SMILES string of the molecule is C[C@H](C(=O)Nc1ccccc1C(=O)N1CCCCC1)N(c1ccc(Oc2ccccc2)cc1)S(C)(=O)=O. The van der Waals surface area contributed by atoms with E-state index in [1.165, 1.54) is 6.92 Å². The van der Waals surface area contributed by atoms with Crippen LogP contribution in [0.25, 0.3) is 0 Å². The minimum absolute atomic E-state index is 0.141. The predicted molar refractivity (Wildman–Crippen MR) is 145 cm³/mol. The van der Waals surface area contributed by atoms with Crippen LogP contribution in [0.3, 0.4) is 0 Å². The van der Waals surface area contributed by atoms with Crippen LogP contribution >= 0.6 is 0 Å². The second kappa shape index (κ2) is 11.5. The molecule has 1 atom stereocenters. The van der Waals surface area contributed by atoms with Crippen molar-refractivity contribution in [1.29, 1.82) is 0 Å². The summed E-state index contributed by atoms with van der Waals surface area (Å²) in [6, 6.07) is 21.5. The van der Waals surface area contributed by atoms with Gasteiger partial charge in [-0.25, -0.2) is 8.42 Å². The first-order chi connectivity index (χ1) is 17.7. The highest BCUT2D eigenvalue weighted by Crippen LogP contribution is 2.28. The number of anilines is 2. The molecule has 1 heterocycles. The van der Waals surface area contributed by atoms with E-state index in [2.05, 4.69) is 5.32 Å². The largest absolute Gasteiger partial charge is 0.457 e. The first-order valence-corrected chi connectivity index (χ1v) is 14.1. The number of ether oxygens (including phenoxy) is 1. The number of para-hydroxylation sites is 2. The normalized spacial score (nSPS) is 14.5. The molecule has 0 aliphatic carbocycles. The van der Waals surface area contributed by atoms with E-state index in [0.29, 0.717) is 41.5 Å². The number of carbonyl (C=O) groups excluding carboxylic acids is 2. The molecular weight excluding hydrogens is 490 g/mol. The highest BCUT2D eigenvalue weighted by Gasteiger charge is 2.30. The monoisotopic (exact) mass is 521 g/mol. The van der Waals surface area contributed by atoms with Gasteiger partial charge in [-0.15, -0.1) is 0 Å². The van der Waals surface area contributed by atoms with E-state index in [9.17, 15) is 18.0 Å². The smallest absolute Gasteiger partial charge is 0.255 e. The number of rotatable bonds is 8. The van der Waals surface area contributed by atoms with Crippen molar-refractivity contribution < 1.29 is 22.7 Å². The van der Waals surface area contributed by atoms with Gasteiger partial charge in [0.25, 0.3) is 5.91 Å². The zero-order valence-corrected chi connectivity index (χ0v) is 21.8. The maximum atomic E-state index is 13.3. The van der Waals surface area contributed by atoms with Crippen LogP contribution in [0.1, 0.15) is 36.5 Å². The number of hydrogen-bond acceptors (Lipinski definition) is 5. The molecule has 1 fully saturated rings. The van der Waals surface area contributed by atoms with Crippen LogP contribution in [0.5, 0.6) is 11.5 Å². The summed E-state index contributed by atoms with van der Waals surface area (Å²) in [6.07, 6.45) is 4.06. The van der Waals surface area contributed by atoms with Crippen LogP contribution in [0, 0.1) is 0 Å². The molecule has 8 nitrogen and oxygen atoms in total. The van der Waals surface area contributed by atoms with Gasteiger partial charge in [-0.3, -0.25) is 13.9 Å². The fourth-order valence-electron chi connectivity index (χ4n) is 4.38. The van der Waals surface area contributed by atoms with E-state index in [1.54, 1.807) is 53.4 Å². The number of amides is 2. The summed E-state index contributed by atoms with van der Waals surface area (Å²) in [4.78, 5) is 28.2. The minimum Gasteiger partial charge on any atom is -0.457 e. The molecule has 1 aliphatic heterocycles. The number of nitrogens with one attached hydrogen (secondary N) is 1. The molecule has 0 radical (unpaired) electrons. The number of likely N-dealkylation sites (tertiary alicyclic amines) is 1. The van der Waals surface area contributed by atoms with Crippen molar-refractivity contribution in [3.8, 4) is 11.5 Å². The van der Waals surface area contributed by atoms with Crippen LogP contribution in [0.15, 0.2) is 78.9 Å². The molecule has 1 N–H and O–H groups in total. The van der Waals surface area contributed by atoms with Crippen molar-refractivity contribution in [1.82, 2.24) is 4.90 Å². The van der Waals surface area contributed by atoms with Crippen molar-refractivity contribution in [3.05, 3.63) is 84.4 Å². The summed E-state index contributed by atoms with van der Waals surface area (Å²) in [6.45, 7) is 2.88. The fraction of sp³-hybridized carbons (Fsp3) is 0.286. The maximum Gasteiger partial charge on any atom is 0.255 e. The van der Waals surface area contributed by atoms with Crippen molar-refractivity contribution in [2.24, 2.45) is 0 Å². The Morgan fingerprint density at radius 1 is 0.865 bits per heavy atom. The number of piperidine rings is 1. The third kappa shape index (κ3) is 6.48. The standard InChI is InChI=1S/C28H31N3O5S/c1-21(27(32)29-26-14-8-7-13-25(26)28(33)30-19-9-4-10-20-30)31(37(2,34)35)22-15-17-24(18-16-22)36-23-11-5-3-6-12-23/h3,5-8,11-18,21H,4,9-10,19-20H2,1-2H3,(H,29,32)/t21-/m1/s1. The molecule has 3 aromatic rings. The molecule has 9 heteroatoms. The van der Waals surface area contributed by atoms with Gasteiger partial charge < -0.3 is 15.0 Å². The third-order valence-electron chi connectivity index (χ3n) is 6.22. The fourth-order valence-corrected chi connectivity index (χ4v) is 5.55. The lowest BCUT2D eigenvalue weighted by atomic mass is 10.1. The highest BCUT2D eigenvalue weighted by atomic mass is 32.2. The Bertz CT molecular complexity index is 1340. The van der Waals surface area contributed by atoms with Crippen LogP contribution in [-0.2, 0) is 14.8 Å². The molecule has 1 aliphatic rings. The molecule has 1 saturated heterocycles. The zero-order chi connectivity index (χ0) is 26.4. The van der Waals surface area contributed by atoms with E-state index in [-0.39, 0.29) is 5.91 Å². The van der Waals surface area contributed by atoms with Crippen molar-refractivity contribution in [3.63, 3.8) is 0 Å². The first-order valence-electron chi connectivity index (χ1n) is 12.3. The molecule has 0 unspecified atom stereocenters. The summed E-state index contributed by atoms with van der Waals surface area (Å²) >= 11 is 0. The second-order valence-electron chi connectivity index (χ2n) is 9.03. The van der Waals surface area contributed by atoms with Gasteiger partial charge >= 0.3 is 0 Å². The van der Waals surface area contributed by atoms with Gasteiger partial charge in [0.2, 0.25) is 15.9 Å². The van der Waals surface area contributed by atoms with Crippen molar-refractivity contribution >= 4 is 33.2 Å². The van der Waals surface area contributed by atoms with Gasteiger partial charge in [0, 0.05) is 13.1 Å². The number of carbonyl (C=O) groups is 2. The lowest BCUT2D eigenvalue weighted by Crippen LogP contribution is -2.45. The summed E-state index contributed by atoms with van der Waals surface area (Å²) in [5, 5.41) is 2.78. The second-order valence-corrected chi connectivity index (χ2v) is 10.9. The molecule has 0 spiro atoms. The van der Waals surface area contributed by atoms with Gasteiger partial charge in [0.05, 0.1) is 23.2 Å². The van der Waals surface area contributed by atoms with E-state index in [1.807, 2.05) is 30.3 Å². The summed E-state index contributed by atoms with van der Waals surface area (Å²) in [7, 11) is -3.81. The van der Waals surface area contributed by atoms with Gasteiger partial charge in [0.15, 0.2) is 0 Å². The molecule has 2 amide bonds. The van der Waals surface area contributed by atoms with Gasteiger partial charge in [-0.05, 0) is 74.7 Å². The predicted octanol–water partition coefficient (Wildman–Crippen LogP) is 4.90. The Morgan fingerprint density at radius 2 is 1.46 bits per heavy atom. The summed E-state index contributed by atoms with van der Waals surface area (Å²) in [5.41, 5.74) is 1.07. The maximum absolute atomic E-state index is 13.3. The number of nitrogens with zero attached hydrogens (tertiary/aromatic N) is 2. The molecule has 194 valence electrons. The summed E-state index contributed by atoms with van der Waals surface area (Å²) < 4.78 is 32.3. The number of hydrogen-bond donors (Lipinski definition) is 1. The minimum atomic E-state index is -3.81. The topological polar surface area (TPSA) is 96.0 Å². The van der Waals surface area contributed by atoms with Crippen LogP contribution in [0.2, 0.25) is 0 Å². The van der Waals surface area contributed by atoms with Crippen LogP contribution in [-0.4, -0.2) is 50.5 Å². The molecule has 37 heavy (non-hydrogen) atoms. The van der Waals surface area contributed by atoms with E-state index in [4.69, 9.17) is 4.74 Å². The van der Waals surface area contributed by atoms with Crippen LogP contribution in [0.4, 0.5) is 11.4 Å². The Kier molecular flexibility index (Phi) is 8.13. The zero-order valence-electron chi connectivity index (χ0n) is 21.0. The third-order valence-corrected chi connectivity index (χ3v) is 7.46.